The second kappa shape index (κ2) is 2.27. The van der Waals surface area contributed by atoms with Crippen molar-refractivity contribution in [2.75, 3.05) is 6.61 Å². The van der Waals surface area contributed by atoms with Crippen molar-refractivity contribution in [3.05, 3.63) is 0 Å². The quantitative estimate of drug-likeness (QED) is 0.572. The zero-order chi connectivity index (χ0) is 6.91. The van der Waals surface area contributed by atoms with Crippen LogP contribution in [0, 0.1) is 0 Å². The van der Waals surface area contributed by atoms with Crippen LogP contribution >= 0.6 is 0 Å². The minimum atomic E-state index is -0.237. The molecular weight excluding hydrogens is 116 g/mol. The SMILES string of the molecule is C[C@H]1CC[C@@](C)(CO)O1. The van der Waals surface area contributed by atoms with Gasteiger partial charge in [-0.3, -0.25) is 0 Å². The number of ether oxygens (including phenoxy) is 1. The molecule has 1 heterocycles. The molecule has 0 aromatic rings. The summed E-state index contributed by atoms with van der Waals surface area (Å²) in [6.07, 6.45) is 2.41. The molecule has 1 aliphatic rings. The van der Waals surface area contributed by atoms with E-state index in [0.717, 1.165) is 12.8 Å². The zero-order valence-electron chi connectivity index (χ0n) is 6.05. The van der Waals surface area contributed by atoms with Gasteiger partial charge in [-0.25, -0.2) is 0 Å². The fourth-order valence-corrected chi connectivity index (χ4v) is 1.23. The molecule has 0 bridgehead atoms. The molecule has 0 aromatic carbocycles. The Balaban J connectivity index is 2.45. The summed E-state index contributed by atoms with van der Waals surface area (Å²) >= 11 is 0. The molecule has 1 rings (SSSR count). The molecule has 0 aromatic heterocycles. The first-order valence-corrected chi connectivity index (χ1v) is 3.45. The third-order valence-electron chi connectivity index (χ3n) is 1.90. The summed E-state index contributed by atoms with van der Waals surface area (Å²) in [6, 6.07) is 0. The Hall–Kier alpha value is -0.0800. The maximum absolute atomic E-state index is 8.82. The molecule has 2 heteroatoms. The lowest BCUT2D eigenvalue weighted by atomic mass is 10.0. The number of aliphatic hydroxyl groups is 1. The van der Waals surface area contributed by atoms with E-state index in [4.69, 9.17) is 9.84 Å². The van der Waals surface area contributed by atoms with E-state index in [9.17, 15) is 0 Å². The number of aliphatic hydroxyl groups excluding tert-OH is 1. The second-order valence-corrected chi connectivity index (χ2v) is 3.08. The van der Waals surface area contributed by atoms with Crippen LogP contribution in [0.15, 0.2) is 0 Å². The highest BCUT2D eigenvalue weighted by molar-refractivity contribution is 4.82. The minimum absolute atomic E-state index is 0.150. The van der Waals surface area contributed by atoms with Crippen LogP contribution in [0.3, 0.4) is 0 Å². The van der Waals surface area contributed by atoms with Crippen LogP contribution in [0.5, 0.6) is 0 Å². The molecule has 1 fully saturated rings. The van der Waals surface area contributed by atoms with E-state index in [-0.39, 0.29) is 12.2 Å². The van der Waals surface area contributed by atoms with Gasteiger partial charge in [-0.05, 0) is 26.7 Å². The van der Waals surface area contributed by atoms with Crippen molar-refractivity contribution in [1.29, 1.82) is 0 Å². The Labute approximate surface area is 55.8 Å². The summed E-state index contributed by atoms with van der Waals surface area (Å²) < 4.78 is 5.45. The van der Waals surface area contributed by atoms with Gasteiger partial charge in [-0.1, -0.05) is 0 Å². The molecule has 0 saturated carbocycles. The molecule has 1 aliphatic heterocycles. The zero-order valence-corrected chi connectivity index (χ0v) is 6.05. The molecule has 0 spiro atoms. The van der Waals surface area contributed by atoms with Gasteiger partial charge in [-0.2, -0.15) is 0 Å². The molecule has 1 saturated heterocycles. The molecular formula is C7H14O2. The van der Waals surface area contributed by atoms with Crippen LogP contribution in [-0.4, -0.2) is 23.4 Å². The fraction of sp³-hybridized carbons (Fsp3) is 1.00. The van der Waals surface area contributed by atoms with E-state index < -0.39 is 0 Å². The molecule has 54 valence electrons. The number of hydrogen-bond donors (Lipinski definition) is 1. The van der Waals surface area contributed by atoms with Crippen molar-refractivity contribution in [3.8, 4) is 0 Å². The first-order valence-electron chi connectivity index (χ1n) is 3.45. The van der Waals surface area contributed by atoms with Gasteiger partial charge in [0.2, 0.25) is 0 Å². The highest BCUT2D eigenvalue weighted by atomic mass is 16.5. The smallest absolute Gasteiger partial charge is 0.0888 e. The summed E-state index contributed by atoms with van der Waals surface area (Å²) in [5.41, 5.74) is -0.237. The average Bonchev–Trinajstić information content (AvgIpc) is 2.13. The highest BCUT2D eigenvalue weighted by Gasteiger charge is 2.32. The second-order valence-electron chi connectivity index (χ2n) is 3.08. The van der Waals surface area contributed by atoms with Gasteiger partial charge < -0.3 is 9.84 Å². The third-order valence-corrected chi connectivity index (χ3v) is 1.90. The Kier molecular flexibility index (Phi) is 1.78. The maximum Gasteiger partial charge on any atom is 0.0888 e. The van der Waals surface area contributed by atoms with Crippen molar-refractivity contribution in [3.63, 3.8) is 0 Å². The van der Waals surface area contributed by atoms with Gasteiger partial charge in [-0.15, -0.1) is 0 Å². The average molecular weight is 130 g/mol. The topological polar surface area (TPSA) is 29.5 Å². The summed E-state index contributed by atoms with van der Waals surface area (Å²) in [5, 5.41) is 8.82. The normalized spacial score (nSPS) is 43.7. The molecule has 0 aliphatic carbocycles. The Morgan fingerprint density at radius 3 is 2.67 bits per heavy atom. The van der Waals surface area contributed by atoms with Crippen LogP contribution < -0.4 is 0 Å². The monoisotopic (exact) mass is 130 g/mol. The molecule has 1 N–H and O–H groups in total. The summed E-state index contributed by atoms with van der Waals surface area (Å²) in [4.78, 5) is 0. The first kappa shape index (κ1) is 7.03. The van der Waals surface area contributed by atoms with Gasteiger partial charge in [0.15, 0.2) is 0 Å². The maximum atomic E-state index is 8.82. The van der Waals surface area contributed by atoms with E-state index in [2.05, 4.69) is 0 Å². The van der Waals surface area contributed by atoms with E-state index in [1.54, 1.807) is 0 Å². The number of hydrogen-bond acceptors (Lipinski definition) is 2. The first-order chi connectivity index (χ1) is 4.16. The summed E-state index contributed by atoms with van der Waals surface area (Å²) in [5.74, 6) is 0. The third kappa shape index (κ3) is 1.43. The lowest BCUT2D eigenvalue weighted by Crippen LogP contribution is -2.28. The van der Waals surface area contributed by atoms with Gasteiger partial charge in [0.1, 0.15) is 0 Å². The largest absolute Gasteiger partial charge is 0.393 e. The Morgan fingerprint density at radius 2 is 2.44 bits per heavy atom. The van der Waals surface area contributed by atoms with Crippen LogP contribution in [0.2, 0.25) is 0 Å². The summed E-state index contributed by atoms with van der Waals surface area (Å²) in [6.45, 7) is 4.15. The fourth-order valence-electron chi connectivity index (χ4n) is 1.23. The van der Waals surface area contributed by atoms with Crippen molar-refractivity contribution in [2.45, 2.75) is 38.4 Å². The van der Waals surface area contributed by atoms with Gasteiger partial charge in [0, 0.05) is 0 Å². The van der Waals surface area contributed by atoms with Gasteiger partial charge >= 0.3 is 0 Å². The van der Waals surface area contributed by atoms with Crippen molar-refractivity contribution < 1.29 is 9.84 Å². The van der Waals surface area contributed by atoms with Crippen molar-refractivity contribution >= 4 is 0 Å². The Bertz CT molecular complexity index is 103. The standard InChI is InChI=1S/C7H14O2/c1-6-3-4-7(2,5-8)9-6/h6,8H,3-5H2,1-2H3/t6-,7-/m0/s1. The summed E-state index contributed by atoms with van der Waals surface area (Å²) in [7, 11) is 0. The van der Waals surface area contributed by atoms with Gasteiger partial charge in [0.05, 0.1) is 18.3 Å². The number of rotatable bonds is 1. The van der Waals surface area contributed by atoms with Crippen LogP contribution in [0.4, 0.5) is 0 Å². The minimum Gasteiger partial charge on any atom is -0.393 e. The van der Waals surface area contributed by atoms with E-state index in [1.165, 1.54) is 0 Å². The Morgan fingerprint density at radius 1 is 1.78 bits per heavy atom. The van der Waals surface area contributed by atoms with E-state index >= 15 is 0 Å². The van der Waals surface area contributed by atoms with E-state index in [0.29, 0.717) is 6.10 Å². The van der Waals surface area contributed by atoms with Gasteiger partial charge in [0.25, 0.3) is 0 Å². The molecule has 0 radical (unpaired) electrons. The molecule has 9 heavy (non-hydrogen) atoms. The molecule has 2 atom stereocenters. The van der Waals surface area contributed by atoms with E-state index in [1.807, 2.05) is 13.8 Å². The lowest BCUT2D eigenvalue weighted by Gasteiger charge is -2.20. The lowest BCUT2D eigenvalue weighted by molar-refractivity contribution is -0.0544. The predicted molar refractivity (Wildman–Crippen MR) is 35.3 cm³/mol. The van der Waals surface area contributed by atoms with Crippen molar-refractivity contribution in [2.24, 2.45) is 0 Å². The van der Waals surface area contributed by atoms with Crippen LogP contribution in [0.25, 0.3) is 0 Å². The van der Waals surface area contributed by atoms with Crippen LogP contribution in [-0.2, 0) is 4.74 Å². The molecule has 2 nitrogen and oxygen atoms in total. The van der Waals surface area contributed by atoms with Crippen LogP contribution in [0.1, 0.15) is 26.7 Å². The predicted octanol–water partition coefficient (Wildman–Crippen LogP) is 0.936. The highest BCUT2D eigenvalue weighted by Crippen LogP contribution is 2.28. The molecule has 0 amide bonds. The molecule has 0 unspecified atom stereocenters. The van der Waals surface area contributed by atoms with Crippen molar-refractivity contribution in [1.82, 2.24) is 0 Å².